The summed E-state index contributed by atoms with van der Waals surface area (Å²) in [4.78, 5) is 0. The van der Waals surface area contributed by atoms with Gasteiger partial charge in [0.1, 0.15) is 18.1 Å². The van der Waals surface area contributed by atoms with Crippen LogP contribution in [-0.4, -0.2) is 24.8 Å². The zero-order chi connectivity index (χ0) is 21.2. The number of hydrogen-bond donors (Lipinski definition) is 2. The number of phenolic OH excluding ortho intramolecular Hbond substituents is 1. The minimum Gasteiger partial charge on any atom is -0.508 e. The lowest BCUT2D eigenvalue weighted by Gasteiger charge is -2.17. The molecule has 0 amide bonds. The maximum absolute atomic E-state index is 10.1. The van der Waals surface area contributed by atoms with Crippen molar-refractivity contribution in [2.45, 2.75) is 13.3 Å². The van der Waals surface area contributed by atoms with Crippen LogP contribution in [0.5, 0.6) is 11.5 Å². The first-order chi connectivity index (χ1) is 14.7. The molecule has 0 aliphatic heterocycles. The van der Waals surface area contributed by atoms with Crippen molar-refractivity contribution < 1.29 is 9.84 Å². The normalized spacial score (nSPS) is 11.6. The molecule has 0 aliphatic rings. The van der Waals surface area contributed by atoms with Crippen LogP contribution in [0.15, 0.2) is 91.5 Å². The van der Waals surface area contributed by atoms with Gasteiger partial charge in [-0.25, -0.2) is 0 Å². The summed E-state index contributed by atoms with van der Waals surface area (Å²) >= 11 is 0. The van der Waals surface area contributed by atoms with Crippen molar-refractivity contribution in [2.24, 2.45) is 0 Å². The summed E-state index contributed by atoms with van der Waals surface area (Å²) in [6.07, 6.45) is 2.71. The average Bonchev–Trinajstić information content (AvgIpc) is 2.78. The van der Waals surface area contributed by atoms with Crippen LogP contribution >= 0.6 is 0 Å². The van der Waals surface area contributed by atoms with Crippen molar-refractivity contribution in [1.29, 1.82) is 0 Å². The second kappa shape index (κ2) is 11.0. The van der Waals surface area contributed by atoms with E-state index in [-0.39, 0.29) is 5.75 Å². The summed E-state index contributed by atoms with van der Waals surface area (Å²) in [5.41, 5.74) is 5.64. The first-order valence-electron chi connectivity index (χ1n) is 10.4. The van der Waals surface area contributed by atoms with Gasteiger partial charge in [-0.15, -0.1) is 6.58 Å². The molecule has 0 fully saturated rings. The molecule has 3 aromatic carbocycles. The molecule has 0 aliphatic carbocycles. The van der Waals surface area contributed by atoms with Crippen LogP contribution in [-0.2, 0) is 0 Å². The maximum Gasteiger partial charge on any atom is 0.119 e. The maximum atomic E-state index is 10.1. The number of phenols is 1. The Bertz CT molecular complexity index is 975. The topological polar surface area (TPSA) is 41.5 Å². The highest BCUT2D eigenvalue weighted by molar-refractivity contribution is 5.98. The lowest BCUT2D eigenvalue weighted by Crippen LogP contribution is -2.20. The molecule has 3 rings (SSSR count). The number of aromatic hydroxyl groups is 1. The van der Waals surface area contributed by atoms with Gasteiger partial charge in [-0.3, -0.25) is 0 Å². The van der Waals surface area contributed by atoms with E-state index in [2.05, 4.69) is 55.2 Å². The molecule has 0 radical (unpaired) electrons. The van der Waals surface area contributed by atoms with Gasteiger partial charge in [0, 0.05) is 13.1 Å². The molecule has 0 saturated carbocycles. The lowest BCUT2D eigenvalue weighted by molar-refractivity contribution is 0.316. The zero-order valence-corrected chi connectivity index (χ0v) is 17.5. The molecule has 3 aromatic rings. The summed E-state index contributed by atoms with van der Waals surface area (Å²) in [5, 5.41) is 13.3. The molecule has 0 heterocycles. The molecule has 0 unspecified atom stereocenters. The highest BCUT2D eigenvalue weighted by atomic mass is 16.5. The van der Waals surface area contributed by atoms with Crippen molar-refractivity contribution in [3.05, 3.63) is 108 Å². The predicted molar refractivity (Wildman–Crippen MR) is 126 cm³/mol. The number of hydrogen-bond acceptors (Lipinski definition) is 3. The third kappa shape index (κ3) is 5.62. The van der Waals surface area contributed by atoms with E-state index in [0.29, 0.717) is 6.61 Å². The van der Waals surface area contributed by atoms with Gasteiger partial charge in [0.15, 0.2) is 0 Å². The van der Waals surface area contributed by atoms with E-state index in [4.69, 9.17) is 4.74 Å². The molecule has 3 heteroatoms. The highest BCUT2D eigenvalue weighted by Gasteiger charge is 2.13. The van der Waals surface area contributed by atoms with Crippen LogP contribution < -0.4 is 10.1 Å². The van der Waals surface area contributed by atoms with Crippen molar-refractivity contribution >= 4 is 11.1 Å². The molecule has 2 N–H and O–H groups in total. The van der Waals surface area contributed by atoms with Gasteiger partial charge in [0.25, 0.3) is 0 Å². The van der Waals surface area contributed by atoms with Gasteiger partial charge < -0.3 is 15.2 Å². The molecule has 0 saturated heterocycles. The Labute approximate surface area is 179 Å². The van der Waals surface area contributed by atoms with E-state index in [0.717, 1.165) is 42.0 Å². The highest BCUT2D eigenvalue weighted by Crippen LogP contribution is 2.35. The first kappa shape index (κ1) is 21.4. The smallest absolute Gasteiger partial charge is 0.119 e. The zero-order valence-electron chi connectivity index (χ0n) is 17.5. The van der Waals surface area contributed by atoms with E-state index in [9.17, 15) is 5.11 Å². The Kier molecular flexibility index (Phi) is 7.87. The predicted octanol–water partition coefficient (Wildman–Crippen LogP) is 5.92. The number of allylic oxidation sites excluding steroid dienone is 1. The van der Waals surface area contributed by atoms with Crippen LogP contribution in [0.1, 0.15) is 30.0 Å². The van der Waals surface area contributed by atoms with Crippen LogP contribution in [0.4, 0.5) is 0 Å². The average molecular weight is 400 g/mol. The fraction of sp³-hybridized carbons (Fsp3) is 0.185. The van der Waals surface area contributed by atoms with Gasteiger partial charge in [0.2, 0.25) is 0 Å². The number of benzene rings is 3. The van der Waals surface area contributed by atoms with E-state index < -0.39 is 0 Å². The first-order valence-corrected chi connectivity index (χ1v) is 10.4. The summed E-state index contributed by atoms with van der Waals surface area (Å²) in [5.74, 6) is 1.10. The minimum atomic E-state index is 0.264. The quantitative estimate of drug-likeness (QED) is 0.253. The van der Waals surface area contributed by atoms with Gasteiger partial charge >= 0.3 is 0 Å². The number of ether oxygens (including phenoxy) is 1. The van der Waals surface area contributed by atoms with Gasteiger partial charge in [-0.2, -0.15) is 0 Å². The van der Waals surface area contributed by atoms with Crippen molar-refractivity contribution in [1.82, 2.24) is 5.32 Å². The monoisotopic (exact) mass is 399 g/mol. The molecule has 0 aromatic heterocycles. The third-order valence-electron chi connectivity index (χ3n) is 4.89. The van der Waals surface area contributed by atoms with Crippen LogP contribution in [0, 0.1) is 0 Å². The molecule has 30 heavy (non-hydrogen) atoms. The van der Waals surface area contributed by atoms with E-state index >= 15 is 0 Å². The van der Waals surface area contributed by atoms with Crippen molar-refractivity contribution in [3.63, 3.8) is 0 Å². The molecule has 154 valence electrons. The van der Waals surface area contributed by atoms with Crippen LogP contribution in [0.25, 0.3) is 11.1 Å². The Morgan fingerprint density at radius 1 is 0.933 bits per heavy atom. The minimum absolute atomic E-state index is 0.264. The molecule has 0 atom stereocenters. The lowest BCUT2D eigenvalue weighted by atomic mass is 9.88. The Hall–Kier alpha value is -3.30. The SMILES string of the molecule is C=CCNCCOc1ccc(/C(=C(/CC)c2ccccc2)c2cccc(O)c2)cc1. The fourth-order valence-electron chi connectivity index (χ4n) is 3.50. The van der Waals surface area contributed by atoms with E-state index in [1.807, 2.05) is 42.5 Å². The van der Waals surface area contributed by atoms with Gasteiger partial charge in [-0.1, -0.05) is 67.6 Å². The van der Waals surface area contributed by atoms with Crippen LogP contribution in [0.3, 0.4) is 0 Å². The number of nitrogens with one attached hydrogen (secondary N) is 1. The molecular formula is C27H29NO2. The summed E-state index contributed by atoms with van der Waals surface area (Å²) in [6, 6.07) is 26.1. The second-order valence-electron chi connectivity index (χ2n) is 6.99. The third-order valence-corrected chi connectivity index (χ3v) is 4.89. The second-order valence-corrected chi connectivity index (χ2v) is 6.99. The van der Waals surface area contributed by atoms with Gasteiger partial charge in [-0.05, 0) is 58.5 Å². The summed E-state index contributed by atoms with van der Waals surface area (Å²) in [6.45, 7) is 8.01. The summed E-state index contributed by atoms with van der Waals surface area (Å²) < 4.78 is 5.83. The molecule has 0 bridgehead atoms. The van der Waals surface area contributed by atoms with Gasteiger partial charge in [0.05, 0.1) is 0 Å². The van der Waals surface area contributed by atoms with Crippen molar-refractivity contribution in [3.8, 4) is 11.5 Å². The standard InChI is InChI=1S/C27H29NO2/c1-3-17-28-18-19-30-25-15-13-22(14-16-25)27(23-11-8-12-24(29)20-23)26(4-2)21-9-6-5-7-10-21/h3,5-16,20,28-29H,1,4,17-19H2,2H3/b27-26+. The molecule has 0 spiro atoms. The Morgan fingerprint density at radius 3 is 2.33 bits per heavy atom. The Balaban J connectivity index is 1.95. The molecule has 3 nitrogen and oxygen atoms in total. The largest absolute Gasteiger partial charge is 0.508 e. The summed E-state index contributed by atoms with van der Waals surface area (Å²) in [7, 11) is 0. The molecular weight excluding hydrogens is 370 g/mol. The van der Waals surface area contributed by atoms with Crippen molar-refractivity contribution in [2.75, 3.05) is 19.7 Å². The fourth-order valence-corrected chi connectivity index (χ4v) is 3.50. The van der Waals surface area contributed by atoms with E-state index in [1.54, 1.807) is 6.07 Å². The van der Waals surface area contributed by atoms with Crippen LogP contribution in [0.2, 0.25) is 0 Å². The Morgan fingerprint density at radius 2 is 1.67 bits per heavy atom. The number of rotatable bonds is 10. The van der Waals surface area contributed by atoms with E-state index in [1.165, 1.54) is 11.1 Å².